The molecule has 3 aliphatic heterocycles. The minimum absolute atomic E-state index is 0.0649. The molecule has 1 amide bonds. The second-order valence-electron chi connectivity index (χ2n) is 11.2. The zero-order valence-electron chi connectivity index (χ0n) is 23.6. The third-order valence-electron chi connectivity index (χ3n) is 8.42. The number of morpholine rings is 1. The first-order chi connectivity index (χ1) is 19.9. The van der Waals surface area contributed by atoms with Crippen LogP contribution in [0.4, 0.5) is 17.3 Å². The van der Waals surface area contributed by atoms with Crippen molar-refractivity contribution in [3.63, 3.8) is 0 Å². The number of rotatable bonds is 4. The Kier molecular flexibility index (Phi) is 7.50. The van der Waals surface area contributed by atoms with E-state index in [-0.39, 0.29) is 18.1 Å². The maximum absolute atomic E-state index is 12.2. The van der Waals surface area contributed by atoms with E-state index in [1.807, 2.05) is 12.1 Å². The molecule has 0 saturated carbocycles. The predicted molar refractivity (Wildman–Crippen MR) is 164 cm³/mol. The second-order valence-corrected chi connectivity index (χ2v) is 11.6. The van der Waals surface area contributed by atoms with E-state index in [2.05, 4.69) is 65.5 Å². The number of aromatic nitrogens is 1. The number of ether oxygens (including phenoxy) is 1. The third-order valence-corrected chi connectivity index (χ3v) is 8.74. The van der Waals surface area contributed by atoms with Crippen LogP contribution in [0.1, 0.15) is 30.5 Å². The van der Waals surface area contributed by atoms with Crippen LogP contribution in [0, 0.1) is 11.3 Å². The standard InChI is InChI=1S/C32H35ClN6O2/c1-4-29(40)36-13-15-37(16-14-36)32-25(17-34)26-20-38(28-10-6-8-23-7-5-9-27(33)30(23)28)12-11-24(26)31(35-32)39-18-21(2)41-22(3)19-39/h4-10,21-22H,1,11-16,18-20H2,2-3H3. The van der Waals surface area contributed by atoms with Crippen molar-refractivity contribution in [2.24, 2.45) is 0 Å². The Morgan fingerprint density at radius 3 is 2.39 bits per heavy atom. The van der Waals surface area contributed by atoms with Gasteiger partial charge in [-0.3, -0.25) is 4.79 Å². The van der Waals surface area contributed by atoms with Gasteiger partial charge in [0.05, 0.1) is 22.8 Å². The Labute approximate surface area is 246 Å². The summed E-state index contributed by atoms with van der Waals surface area (Å²) in [6, 6.07) is 14.8. The van der Waals surface area contributed by atoms with Crippen LogP contribution in [0.15, 0.2) is 49.1 Å². The SMILES string of the molecule is C=CC(=O)N1CCN(c2nc(N3CC(C)OC(C)C3)c3c(c2C#N)CN(c2cccc4cccc(Cl)c24)CC3)CC1. The summed E-state index contributed by atoms with van der Waals surface area (Å²) in [4.78, 5) is 26.1. The van der Waals surface area contributed by atoms with Crippen LogP contribution in [0.5, 0.6) is 0 Å². The van der Waals surface area contributed by atoms with E-state index < -0.39 is 0 Å². The highest BCUT2D eigenvalue weighted by Gasteiger charge is 2.33. The smallest absolute Gasteiger partial charge is 0.246 e. The van der Waals surface area contributed by atoms with E-state index in [0.717, 1.165) is 64.5 Å². The van der Waals surface area contributed by atoms with Gasteiger partial charge in [0, 0.05) is 69.0 Å². The van der Waals surface area contributed by atoms with Gasteiger partial charge in [0.25, 0.3) is 0 Å². The number of carbonyl (C=O) groups is 1. The molecule has 0 bridgehead atoms. The number of fused-ring (bicyclic) bond motifs is 2. The van der Waals surface area contributed by atoms with E-state index in [4.69, 9.17) is 21.3 Å². The summed E-state index contributed by atoms with van der Waals surface area (Å²) in [5.41, 5.74) is 3.87. The number of carbonyl (C=O) groups excluding carboxylic acids is 1. The van der Waals surface area contributed by atoms with Gasteiger partial charge in [0.2, 0.25) is 5.91 Å². The molecule has 41 heavy (non-hydrogen) atoms. The van der Waals surface area contributed by atoms with Gasteiger partial charge in [-0.2, -0.15) is 5.26 Å². The monoisotopic (exact) mass is 570 g/mol. The number of piperazine rings is 1. The van der Waals surface area contributed by atoms with Crippen molar-refractivity contribution in [1.82, 2.24) is 9.88 Å². The van der Waals surface area contributed by atoms with Gasteiger partial charge in [-0.1, -0.05) is 42.4 Å². The summed E-state index contributed by atoms with van der Waals surface area (Å²) < 4.78 is 6.05. The topological polar surface area (TPSA) is 75.9 Å². The highest BCUT2D eigenvalue weighted by Crippen LogP contribution is 2.40. The lowest BCUT2D eigenvalue weighted by atomic mass is 9.94. The molecule has 3 aliphatic rings. The first kappa shape index (κ1) is 27.4. The van der Waals surface area contributed by atoms with Crippen LogP contribution in [0.3, 0.4) is 0 Å². The van der Waals surface area contributed by atoms with Gasteiger partial charge >= 0.3 is 0 Å². The summed E-state index contributed by atoms with van der Waals surface area (Å²) in [5, 5.41) is 13.4. The molecule has 2 fully saturated rings. The first-order valence-electron chi connectivity index (χ1n) is 14.3. The van der Waals surface area contributed by atoms with E-state index >= 15 is 0 Å². The molecule has 0 radical (unpaired) electrons. The maximum Gasteiger partial charge on any atom is 0.246 e. The van der Waals surface area contributed by atoms with Crippen LogP contribution < -0.4 is 14.7 Å². The Bertz CT molecular complexity index is 1530. The molecular formula is C32H35ClN6O2. The van der Waals surface area contributed by atoms with Gasteiger partial charge in [-0.05, 0) is 49.4 Å². The molecule has 0 spiro atoms. The number of pyridine rings is 1. The molecule has 212 valence electrons. The lowest BCUT2D eigenvalue weighted by Crippen LogP contribution is -2.49. The molecule has 0 aliphatic carbocycles. The lowest BCUT2D eigenvalue weighted by Gasteiger charge is -2.41. The molecular weight excluding hydrogens is 536 g/mol. The normalized spacial score (nSPS) is 21.0. The van der Waals surface area contributed by atoms with Crippen LogP contribution in [0.2, 0.25) is 5.02 Å². The molecule has 1 aromatic heterocycles. The van der Waals surface area contributed by atoms with Gasteiger partial charge in [-0.15, -0.1) is 0 Å². The number of hydrogen-bond acceptors (Lipinski definition) is 7. The highest BCUT2D eigenvalue weighted by molar-refractivity contribution is 6.36. The van der Waals surface area contributed by atoms with Crippen molar-refractivity contribution in [2.45, 2.75) is 39.0 Å². The number of amides is 1. The molecule has 4 heterocycles. The maximum atomic E-state index is 12.2. The lowest BCUT2D eigenvalue weighted by molar-refractivity contribution is -0.126. The quantitative estimate of drug-likeness (QED) is 0.418. The van der Waals surface area contributed by atoms with E-state index in [9.17, 15) is 10.1 Å². The van der Waals surface area contributed by atoms with Crippen molar-refractivity contribution in [1.29, 1.82) is 5.26 Å². The zero-order valence-corrected chi connectivity index (χ0v) is 24.4. The molecule has 2 aromatic carbocycles. The highest BCUT2D eigenvalue weighted by atomic mass is 35.5. The molecule has 9 heteroatoms. The molecule has 2 saturated heterocycles. The van der Waals surface area contributed by atoms with Crippen LogP contribution >= 0.6 is 11.6 Å². The van der Waals surface area contributed by atoms with Crippen LogP contribution in [-0.2, 0) is 22.5 Å². The number of nitriles is 1. The summed E-state index contributed by atoms with van der Waals surface area (Å²) in [7, 11) is 0. The number of halogens is 1. The average molecular weight is 571 g/mol. The van der Waals surface area contributed by atoms with Gasteiger partial charge in [-0.25, -0.2) is 4.98 Å². The number of anilines is 3. The van der Waals surface area contributed by atoms with Crippen molar-refractivity contribution in [2.75, 3.05) is 60.5 Å². The second kappa shape index (κ2) is 11.2. The van der Waals surface area contributed by atoms with Crippen molar-refractivity contribution < 1.29 is 9.53 Å². The van der Waals surface area contributed by atoms with Crippen molar-refractivity contribution in [3.05, 3.63) is 70.8 Å². The Hall–Kier alpha value is -3.80. The fraction of sp³-hybridized carbons (Fsp3) is 0.406. The Balaban J connectivity index is 1.44. The zero-order chi connectivity index (χ0) is 28.7. The third kappa shape index (κ3) is 5.09. The summed E-state index contributed by atoms with van der Waals surface area (Å²) in [6.45, 7) is 13.1. The summed E-state index contributed by atoms with van der Waals surface area (Å²) in [6.07, 6.45) is 2.30. The van der Waals surface area contributed by atoms with E-state index in [0.29, 0.717) is 44.1 Å². The number of hydrogen-bond donors (Lipinski definition) is 0. The average Bonchev–Trinajstić information content (AvgIpc) is 2.99. The summed E-state index contributed by atoms with van der Waals surface area (Å²) >= 11 is 6.72. The molecule has 2 unspecified atom stereocenters. The van der Waals surface area contributed by atoms with Crippen molar-refractivity contribution in [3.8, 4) is 6.07 Å². The minimum Gasteiger partial charge on any atom is -0.372 e. The molecule has 2 atom stereocenters. The minimum atomic E-state index is -0.0649. The largest absolute Gasteiger partial charge is 0.372 e. The Morgan fingerprint density at radius 2 is 1.71 bits per heavy atom. The predicted octanol–water partition coefficient (Wildman–Crippen LogP) is 4.77. The van der Waals surface area contributed by atoms with Crippen LogP contribution in [-0.4, -0.2) is 73.8 Å². The molecule has 8 nitrogen and oxygen atoms in total. The van der Waals surface area contributed by atoms with E-state index in [1.54, 1.807) is 4.90 Å². The van der Waals surface area contributed by atoms with Gasteiger partial charge in [0.15, 0.2) is 0 Å². The molecule has 6 rings (SSSR count). The fourth-order valence-electron chi connectivity index (χ4n) is 6.57. The van der Waals surface area contributed by atoms with Gasteiger partial charge < -0.3 is 24.3 Å². The van der Waals surface area contributed by atoms with E-state index in [1.165, 1.54) is 6.08 Å². The summed E-state index contributed by atoms with van der Waals surface area (Å²) in [5.74, 6) is 1.60. The number of nitrogens with zero attached hydrogens (tertiary/aromatic N) is 6. The Morgan fingerprint density at radius 1 is 1.00 bits per heavy atom. The van der Waals surface area contributed by atoms with Crippen LogP contribution in [0.25, 0.3) is 10.8 Å². The molecule has 3 aromatic rings. The molecule has 0 N–H and O–H groups in total. The van der Waals surface area contributed by atoms with Crippen molar-refractivity contribution >= 4 is 45.6 Å². The fourth-order valence-corrected chi connectivity index (χ4v) is 6.85. The van der Waals surface area contributed by atoms with Gasteiger partial charge in [0.1, 0.15) is 17.7 Å². The number of benzene rings is 2. The first-order valence-corrected chi connectivity index (χ1v) is 14.7.